The van der Waals surface area contributed by atoms with Crippen molar-refractivity contribution in [2.75, 3.05) is 19.3 Å². The van der Waals surface area contributed by atoms with Gasteiger partial charge >= 0.3 is 17.9 Å². The van der Waals surface area contributed by atoms with Crippen molar-refractivity contribution < 1.29 is 47.6 Å². The van der Waals surface area contributed by atoms with E-state index in [9.17, 15) is 28.7 Å². The van der Waals surface area contributed by atoms with Crippen molar-refractivity contribution >= 4 is 36.1 Å². The van der Waals surface area contributed by atoms with E-state index in [-0.39, 0.29) is 12.3 Å². The minimum absolute atomic E-state index is 0.135. The summed E-state index contributed by atoms with van der Waals surface area (Å²) < 4.78 is 32.4. The third kappa shape index (κ3) is 5.21. The van der Waals surface area contributed by atoms with Gasteiger partial charge in [0.05, 0.1) is 17.9 Å². The van der Waals surface area contributed by atoms with Gasteiger partial charge in [-0.2, -0.15) is 0 Å². The lowest BCUT2D eigenvalue weighted by atomic mass is 9.88. The lowest BCUT2D eigenvalue weighted by Crippen LogP contribution is -2.35. The van der Waals surface area contributed by atoms with Gasteiger partial charge in [0.25, 0.3) is 6.47 Å². The summed E-state index contributed by atoms with van der Waals surface area (Å²) in [5, 5.41) is 10.8. The Labute approximate surface area is 187 Å². The van der Waals surface area contributed by atoms with Crippen LogP contribution in [0.1, 0.15) is 12.5 Å². The number of hydrogen-bond acceptors (Lipinski definition) is 10. The summed E-state index contributed by atoms with van der Waals surface area (Å²) in [4.78, 5) is 46.9. The lowest BCUT2D eigenvalue weighted by molar-refractivity contribution is -0.168. The van der Waals surface area contributed by atoms with E-state index in [0.717, 1.165) is 4.90 Å². The van der Waals surface area contributed by atoms with Crippen molar-refractivity contribution in [2.45, 2.75) is 24.8 Å². The second kappa shape index (κ2) is 10.3. The number of thioether (sulfide) groups is 1. The fourth-order valence-corrected chi connectivity index (χ4v) is 5.49. The van der Waals surface area contributed by atoms with E-state index >= 15 is 0 Å². The van der Waals surface area contributed by atoms with E-state index in [4.69, 9.17) is 9.47 Å². The zero-order valence-electron chi connectivity index (χ0n) is 17.4. The quantitative estimate of drug-likeness (QED) is 0.176. The van der Waals surface area contributed by atoms with Crippen molar-refractivity contribution in [1.29, 1.82) is 0 Å². The van der Waals surface area contributed by atoms with Crippen LogP contribution >= 0.6 is 11.8 Å². The highest BCUT2D eigenvalue weighted by atomic mass is 32.2. The van der Waals surface area contributed by atoms with Gasteiger partial charge in [-0.3, -0.25) is 19.2 Å². The Bertz CT molecular complexity index is 892. The number of halogens is 1. The smallest absolute Gasteiger partial charge is 0.312 e. The number of ether oxygens (including phenoxy) is 4. The number of hydrogen-bond donors (Lipinski definition) is 1. The monoisotopic (exact) mass is 470 g/mol. The second-order valence-corrected chi connectivity index (χ2v) is 8.74. The Hall–Kier alpha value is -2.66. The molecule has 2 aliphatic carbocycles. The highest BCUT2D eigenvalue weighted by molar-refractivity contribution is 7.99. The molecule has 2 saturated carbocycles. The summed E-state index contributed by atoms with van der Waals surface area (Å²) in [6, 6.07) is 4.62. The molecule has 0 heterocycles. The predicted octanol–water partition coefficient (Wildman–Crippen LogP) is 1.43. The van der Waals surface area contributed by atoms with E-state index < -0.39 is 67.2 Å². The highest BCUT2D eigenvalue weighted by Crippen LogP contribution is 2.64. The molecule has 0 spiro atoms. The van der Waals surface area contributed by atoms with Gasteiger partial charge in [0.15, 0.2) is 0 Å². The number of carbonyl (C=O) groups excluding carboxylic acids is 4. The Morgan fingerprint density at radius 2 is 1.78 bits per heavy atom. The second-order valence-electron chi connectivity index (χ2n) is 7.64. The van der Waals surface area contributed by atoms with Crippen LogP contribution < -0.4 is 0 Å². The maximum absolute atomic E-state index is 13.5. The summed E-state index contributed by atoms with van der Waals surface area (Å²) in [6.45, 7) is 1.81. The first-order valence-electron chi connectivity index (χ1n) is 9.85. The number of aryl methyl sites for hydroxylation is 1. The number of esters is 3. The van der Waals surface area contributed by atoms with E-state index in [1.807, 2.05) is 0 Å². The minimum atomic E-state index is -0.982. The maximum Gasteiger partial charge on any atom is 0.312 e. The molecule has 2 fully saturated rings. The highest BCUT2D eigenvalue weighted by Gasteiger charge is 2.72. The van der Waals surface area contributed by atoms with Crippen LogP contribution in [0.2, 0.25) is 0 Å². The van der Waals surface area contributed by atoms with E-state index in [0.29, 0.717) is 11.3 Å². The van der Waals surface area contributed by atoms with E-state index in [2.05, 4.69) is 9.47 Å². The SMILES string of the molecule is CC(=O)OCOC(=O)C1[C@@H]2[C@H](O)[C@@H](CSc3ccc(F)c(C)c3)[C@@H](C(=O)OCOC=O)[C@H]12. The normalized spacial score (nSPS) is 27.8. The average Bonchev–Trinajstić information content (AvgIpc) is 3.40. The third-order valence-corrected chi connectivity index (χ3v) is 6.90. The number of fused-ring (bicyclic) bond motifs is 1. The first-order chi connectivity index (χ1) is 15.3. The number of benzene rings is 1. The molecule has 0 radical (unpaired) electrons. The maximum atomic E-state index is 13.5. The summed E-state index contributed by atoms with van der Waals surface area (Å²) in [5.74, 6) is -5.13. The van der Waals surface area contributed by atoms with Crippen LogP contribution in [0.3, 0.4) is 0 Å². The van der Waals surface area contributed by atoms with Crippen molar-refractivity contribution in [2.24, 2.45) is 29.6 Å². The molecular formula is C21H23FO9S. The first kappa shape index (κ1) is 24.0. The van der Waals surface area contributed by atoms with Gasteiger partial charge in [0.2, 0.25) is 13.6 Å². The van der Waals surface area contributed by atoms with Crippen molar-refractivity contribution in [1.82, 2.24) is 0 Å². The topological polar surface area (TPSA) is 125 Å². The van der Waals surface area contributed by atoms with Gasteiger partial charge in [0.1, 0.15) is 5.82 Å². The zero-order chi connectivity index (χ0) is 23.4. The van der Waals surface area contributed by atoms with E-state index in [1.54, 1.807) is 19.1 Å². The Morgan fingerprint density at radius 1 is 1.09 bits per heavy atom. The lowest BCUT2D eigenvalue weighted by Gasteiger charge is -2.25. The molecule has 32 heavy (non-hydrogen) atoms. The van der Waals surface area contributed by atoms with E-state index in [1.165, 1.54) is 24.8 Å². The van der Waals surface area contributed by atoms with Gasteiger partial charge in [-0.15, -0.1) is 11.8 Å². The molecule has 3 rings (SSSR count). The molecule has 1 N–H and O–H groups in total. The standard InChI is InChI=1S/C21H23FO9S/c1-10-5-12(3-4-14(10)22)32-6-13-15(20(26)30-8-28-7-23)16-17(19(13)25)18(16)21(27)31-9-29-11(2)24/h3-5,7,13,15-19,25H,6,8-9H2,1-2H3/t13-,15+,16-,17+,18?,19+/m0/s1. The summed E-state index contributed by atoms with van der Waals surface area (Å²) >= 11 is 1.35. The first-order valence-corrected chi connectivity index (χ1v) is 10.8. The number of aliphatic hydroxyl groups is 1. The van der Waals surface area contributed by atoms with Gasteiger partial charge in [-0.05, 0) is 36.6 Å². The molecule has 11 heteroatoms. The molecule has 1 unspecified atom stereocenters. The van der Waals surface area contributed by atoms with Gasteiger partial charge in [-0.25, -0.2) is 4.39 Å². The van der Waals surface area contributed by atoms with Gasteiger partial charge < -0.3 is 24.1 Å². The Balaban J connectivity index is 1.68. The van der Waals surface area contributed by atoms with Crippen LogP contribution in [0.4, 0.5) is 4.39 Å². The fraction of sp³-hybridized carbons (Fsp3) is 0.524. The van der Waals surface area contributed by atoms with Crippen LogP contribution in [0, 0.1) is 42.3 Å². The van der Waals surface area contributed by atoms with Crippen LogP contribution in [0.15, 0.2) is 23.1 Å². The third-order valence-electron chi connectivity index (χ3n) is 5.76. The molecule has 0 saturated heterocycles. The van der Waals surface area contributed by atoms with Crippen LogP contribution in [-0.2, 0) is 38.1 Å². The van der Waals surface area contributed by atoms with Crippen molar-refractivity contribution in [3.05, 3.63) is 29.6 Å². The molecule has 0 bridgehead atoms. The number of carbonyl (C=O) groups is 4. The fourth-order valence-electron chi connectivity index (χ4n) is 4.28. The van der Waals surface area contributed by atoms with Crippen LogP contribution in [0.5, 0.6) is 0 Å². The number of aliphatic hydroxyl groups excluding tert-OH is 1. The molecule has 0 amide bonds. The Kier molecular flexibility index (Phi) is 7.73. The van der Waals surface area contributed by atoms with Crippen LogP contribution in [-0.4, -0.2) is 54.9 Å². The molecular weight excluding hydrogens is 447 g/mol. The van der Waals surface area contributed by atoms with Crippen molar-refractivity contribution in [3.63, 3.8) is 0 Å². The molecule has 2 aliphatic rings. The molecule has 0 aliphatic heterocycles. The number of rotatable bonds is 10. The zero-order valence-corrected chi connectivity index (χ0v) is 18.2. The predicted molar refractivity (Wildman–Crippen MR) is 106 cm³/mol. The molecule has 174 valence electrons. The van der Waals surface area contributed by atoms with Crippen LogP contribution in [0.25, 0.3) is 0 Å². The van der Waals surface area contributed by atoms with Crippen molar-refractivity contribution in [3.8, 4) is 0 Å². The van der Waals surface area contributed by atoms with Gasteiger partial charge in [0, 0.05) is 29.4 Å². The Morgan fingerprint density at radius 3 is 2.44 bits per heavy atom. The minimum Gasteiger partial charge on any atom is -0.430 e. The molecule has 1 aromatic rings. The summed E-state index contributed by atoms with van der Waals surface area (Å²) in [7, 11) is 0. The van der Waals surface area contributed by atoms with Gasteiger partial charge in [-0.1, -0.05) is 0 Å². The average molecular weight is 470 g/mol. The molecule has 0 aromatic heterocycles. The largest absolute Gasteiger partial charge is 0.430 e. The molecule has 1 aromatic carbocycles. The summed E-state index contributed by atoms with van der Waals surface area (Å²) in [5.41, 5.74) is 0.474. The molecule has 9 nitrogen and oxygen atoms in total. The summed E-state index contributed by atoms with van der Waals surface area (Å²) in [6.07, 6.45) is -0.982. The molecule has 6 atom stereocenters.